The quantitative estimate of drug-likeness (QED) is 0.310. The van der Waals surface area contributed by atoms with Gasteiger partial charge in [0.15, 0.2) is 6.29 Å². The zero-order chi connectivity index (χ0) is 21.7. The minimum absolute atomic E-state index is 0.0490. The molecule has 0 heterocycles. The van der Waals surface area contributed by atoms with Crippen molar-refractivity contribution in [2.45, 2.75) is 85.7 Å². The van der Waals surface area contributed by atoms with Crippen molar-refractivity contribution in [3.05, 3.63) is 30.3 Å². The minimum atomic E-state index is -1.51. The lowest BCUT2D eigenvalue weighted by Gasteiger charge is -2.51. The second-order valence-corrected chi connectivity index (χ2v) is 15.6. The van der Waals surface area contributed by atoms with E-state index in [1.807, 2.05) is 7.11 Å². The largest absolute Gasteiger partial charge is 0.355 e. The summed E-state index contributed by atoms with van der Waals surface area (Å²) in [6, 6.07) is 12.5. The molecule has 0 aromatic heterocycles. The lowest BCUT2D eigenvalue weighted by atomic mass is 9.58. The maximum atomic E-state index is 6.24. The Labute approximate surface area is 181 Å². The van der Waals surface area contributed by atoms with Crippen LogP contribution in [-0.4, -0.2) is 28.1 Å². The molecule has 1 aromatic rings. The Kier molecular flexibility index (Phi) is 8.99. The van der Waals surface area contributed by atoms with Gasteiger partial charge in [-0.3, -0.25) is 0 Å². The van der Waals surface area contributed by atoms with E-state index in [4.69, 9.17) is 9.47 Å². The fraction of sp³-hybridized carbons (Fsp3) is 0.769. The molecule has 2 rings (SSSR count). The maximum absolute atomic E-state index is 6.24. The number of ether oxygens (including phenoxy) is 2. The fourth-order valence-electron chi connectivity index (χ4n) is 5.73. The highest BCUT2D eigenvalue weighted by molar-refractivity contribution is 6.89. The molecule has 0 bridgehead atoms. The zero-order valence-electron chi connectivity index (χ0n) is 20.3. The lowest BCUT2D eigenvalue weighted by molar-refractivity contribution is -0.216. The first-order valence-electron chi connectivity index (χ1n) is 11.9. The van der Waals surface area contributed by atoms with Gasteiger partial charge in [-0.25, -0.2) is 0 Å². The summed E-state index contributed by atoms with van der Waals surface area (Å²) in [4.78, 5) is 0. The lowest BCUT2D eigenvalue weighted by Crippen LogP contribution is -2.50. The van der Waals surface area contributed by atoms with Crippen LogP contribution in [0.1, 0.15) is 60.3 Å². The van der Waals surface area contributed by atoms with Crippen molar-refractivity contribution in [1.82, 2.24) is 0 Å². The van der Waals surface area contributed by atoms with Crippen molar-refractivity contribution < 1.29 is 9.47 Å². The zero-order valence-corrected chi connectivity index (χ0v) is 21.3. The van der Waals surface area contributed by atoms with Gasteiger partial charge in [0, 0.05) is 19.1 Å². The van der Waals surface area contributed by atoms with Gasteiger partial charge in [-0.1, -0.05) is 88.8 Å². The van der Waals surface area contributed by atoms with Crippen LogP contribution in [0.3, 0.4) is 0 Å². The highest BCUT2D eigenvalue weighted by Crippen LogP contribution is 2.52. The molecule has 0 N–H and O–H groups in total. The topological polar surface area (TPSA) is 18.5 Å². The SMILES string of the molecule is CCOC(OC)C(C)(CC[Si](C)(C)c1ccccc1)C1CC(C)CCC1C(C)C. The van der Waals surface area contributed by atoms with E-state index in [2.05, 4.69) is 78.0 Å². The molecule has 1 aromatic carbocycles. The molecular weight excluding hydrogens is 372 g/mol. The van der Waals surface area contributed by atoms with E-state index < -0.39 is 8.07 Å². The third-order valence-corrected chi connectivity index (χ3v) is 11.2. The molecule has 1 aliphatic rings. The van der Waals surface area contributed by atoms with Crippen molar-refractivity contribution in [3.63, 3.8) is 0 Å². The van der Waals surface area contributed by atoms with E-state index in [9.17, 15) is 0 Å². The molecule has 166 valence electrons. The predicted molar refractivity (Wildman–Crippen MR) is 128 cm³/mol. The smallest absolute Gasteiger partial charge is 0.162 e. The molecule has 0 saturated heterocycles. The Morgan fingerprint density at radius 1 is 1.14 bits per heavy atom. The molecule has 0 radical (unpaired) electrons. The molecule has 2 nitrogen and oxygen atoms in total. The van der Waals surface area contributed by atoms with Crippen molar-refractivity contribution in [2.75, 3.05) is 13.7 Å². The van der Waals surface area contributed by atoms with Gasteiger partial charge in [0.05, 0.1) is 8.07 Å². The summed E-state index contributed by atoms with van der Waals surface area (Å²) in [5.74, 6) is 2.93. The second-order valence-electron chi connectivity index (χ2n) is 10.7. The fourth-order valence-corrected chi connectivity index (χ4v) is 8.28. The standard InChI is InChI=1S/C26H46O2Si/c1-9-28-25(27-6)26(5,24-19-21(4)15-16-23(24)20(2)3)17-18-29(7,8)22-13-11-10-12-14-22/h10-14,20-21,23-25H,9,15-19H2,1-8H3. The summed E-state index contributed by atoms with van der Waals surface area (Å²) < 4.78 is 12.3. The monoisotopic (exact) mass is 418 g/mol. The molecule has 0 spiro atoms. The highest BCUT2D eigenvalue weighted by atomic mass is 28.3. The van der Waals surface area contributed by atoms with E-state index in [1.54, 1.807) is 5.19 Å². The van der Waals surface area contributed by atoms with Crippen LogP contribution in [-0.2, 0) is 9.47 Å². The Morgan fingerprint density at radius 3 is 2.34 bits per heavy atom. The van der Waals surface area contributed by atoms with Crippen LogP contribution in [0.25, 0.3) is 0 Å². The first kappa shape index (κ1) is 24.6. The number of rotatable bonds is 10. The Hall–Kier alpha value is -0.643. The van der Waals surface area contributed by atoms with Gasteiger partial charge in [0.25, 0.3) is 0 Å². The summed E-state index contributed by atoms with van der Waals surface area (Å²) >= 11 is 0. The van der Waals surface area contributed by atoms with Gasteiger partial charge in [0.2, 0.25) is 0 Å². The summed E-state index contributed by atoms with van der Waals surface area (Å²) in [6.45, 7) is 17.6. The number of benzene rings is 1. The van der Waals surface area contributed by atoms with Crippen LogP contribution >= 0.6 is 0 Å². The minimum Gasteiger partial charge on any atom is -0.355 e. The summed E-state index contributed by atoms with van der Waals surface area (Å²) in [5, 5.41) is 1.56. The van der Waals surface area contributed by atoms with E-state index in [1.165, 1.54) is 31.7 Å². The molecule has 1 aliphatic carbocycles. The van der Waals surface area contributed by atoms with Crippen molar-refractivity contribution in [3.8, 4) is 0 Å². The van der Waals surface area contributed by atoms with E-state index >= 15 is 0 Å². The highest BCUT2D eigenvalue weighted by Gasteiger charge is 2.48. The van der Waals surface area contributed by atoms with Gasteiger partial charge in [-0.15, -0.1) is 0 Å². The van der Waals surface area contributed by atoms with Crippen LogP contribution in [0.4, 0.5) is 0 Å². The molecule has 1 fully saturated rings. The number of methoxy groups -OCH3 is 1. The van der Waals surface area contributed by atoms with E-state index in [-0.39, 0.29) is 11.7 Å². The van der Waals surface area contributed by atoms with Gasteiger partial charge < -0.3 is 9.47 Å². The molecule has 3 heteroatoms. The Balaban J connectivity index is 2.34. The summed E-state index contributed by atoms with van der Waals surface area (Å²) in [5.41, 5.74) is 0.0490. The van der Waals surface area contributed by atoms with Crippen LogP contribution in [0.15, 0.2) is 30.3 Å². The molecule has 0 aliphatic heterocycles. The van der Waals surface area contributed by atoms with Gasteiger partial charge in [-0.05, 0) is 49.9 Å². The summed E-state index contributed by atoms with van der Waals surface area (Å²) in [6.07, 6.45) is 5.08. The average molecular weight is 419 g/mol. The van der Waals surface area contributed by atoms with Crippen molar-refractivity contribution in [2.24, 2.45) is 29.1 Å². The van der Waals surface area contributed by atoms with Crippen molar-refractivity contribution >= 4 is 13.3 Å². The summed E-state index contributed by atoms with van der Waals surface area (Å²) in [7, 11) is 0.331. The molecular formula is C26H46O2Si. The molecule has 29 heavy (non-hydrogen) atoms. The maximum Gasteiger partial charge on any atom is 0.162 e. The first-order valence-corrected chi connectivity index (χ1v) is 15.1. The third-order valence-electron chi connectivity index (χ3n) is 7.78. The third kappa shape index (κ3) is 5.95. The van der Waals surface area contributed by atoms with Gasteiger partial charge >= 0.3 is 0 Å². The number of hydrogen-bond donors (Lipinski definition) is 0. The predicted octanol–water partition coefficient (Wildman–Crippen LogP) is 6.72. The second kappa shape index (κ2) is 10.6. The van der Waals surface area contributed by atoms with Gasteiger partial charge in [0.1, 0.15) is 0 Å². The van der Waals surface area contributed by atoms with Crippen LogP contribution in [0.5, 0.6) is 0 Å². The molecule has 5 unspecified atom stereocenters. The van der Waals surface area contributed by atoms with E-state index in [0.29, 0.717) is 18.4 Å². The van der Waals surface area contributed by atoms with Gasteiger partial charge in [-0.2, -0.15) is 0 Å². The van der Waals surface area contributed by atoms with Crippen LogP contribution < -0.4 is 5.19 Å². The Morgan fingerprint density at radius 2 is 1.79 bits per heavy atom. The van der Waals surface area contributed by atoms with E-state index in [0.717, 1.165) is 11.8 Å². The Bertz CT molecular complexity index is 600. The first-order chi connectivity index (χ1) is 13.7. The molecule has 0 amide bonds. The normalized spacial score (nSPS) is 26.3. The van der Waals surface area contributed by atoms with Crippen molar-refractivity contribution in [1.29, 1.82) is 0 Å². The van der Waals surface area contributed by atoms with Crippen LogP contribution in [0, 0.1) is 29.1 Å². The molecule has 5 atom stereocenters. The average Bonchev–Trinajstić information content (AvgIpc) is 2.70. The number of hydrogen-bond acceptors (Lipinski definition) is 2. The van der Waals surface area contributed by atoms with Crippen LogP contribution in [0.2, 0.25) is 19.1 Å². The molecule has 1 saturated carbocycles.